The van der Waals surface area contributed by atoms with Gasteiger partial charge in [0.25, 0.3) is 5.22 Å². The number of nitrogens with one attached hydrogen (secondary N) is 1. The minimum Gasteiger partial charge on any atom is -0.462 e. The van der Waals surface area contributed by atoms with Crippen LogP contribution in [0.5, 0.6) is 0 Å². The van der Waals surface area contributed by atoms with Crippen LogP contribution < -0.4 is 5.32 Å². The molecule has 33 heavy (non-hydrogen) atoms. The molecule has 1 amide bonds. The zero-order valence-corrected chi connectivity index (χ0v) is 20.7. The second-order valence-corrected chi connectivity index (χ2v) is 10.2. The van der Waals surface area contributed by atoms with Gasteiger partial charge in [0.1, 0.15) is 11.0 Å². The Kier molecular flexibility index (Phi) is 7.18. The van der Waals surface area contributed by atoms with Crippen LogP contribution in [-0.4, -0.2) is 44.2 Å². The third-order valence-electron chi connectivity index (χ3n) is 5.49. The molecule has 0 saturated carbocycles. The average Bonchev–Trinajstić information content (AvgIpc) is 3.50. The predicted molar refractivity (Wildman–Crippen MR) is 126 cm³/mol. The van der Waals surface area contributed by atoms with E-state index in [1.165, 1.54) is 11.3 Å². The van der Waals surface area contributed by atoms with Crippen LogP contribution in [-0.2, 0) is 22.4 Å². The lowest BCUT2D eigenvalue weighted by molar-refractivity contribution is -0.113. The van der Waals surface area contributed by atoms with Crippen molar-refractivity contribution in [3.8, 4) is 0 Å². The molecular formula is C22H27N5O4S2. The number of aryl methyl sites for hydroxylation is 1. The topological polar surface area (TPSA) is 112 Å². The van der Waals surface area contributed by atoms with Crippen molar-refractivity contribution in [2.45, 2.75) is 58.2 Å². The molecule has 0 radical (unpaired) electrons. The SMILES string of the molecule is CCOC(=O)c1c(NC(=O)CSc2nnc(C(C)n3ccc(C)n3)o2)sc2c1CCC(C)C2. The summed E-state index contributed by atoms with van der Waals surface area (Å²) in [6.45, 7) is 8.10. The van der Waals surface area contributed by atoms with Gasteiger partial charge >= 0.3 is 5.97 Å². The van der Waals surface area contributed by atoms with Gasteiger partial charge in [-0.15, -0.1) is 21.5 Å². The van der Waals surface area contributed by atoms with E-state index >= 15 is 0 Å². The zero-order chi connectivity index (χ0) is 23.5. The fraction of sp³-hybridized carbons (Fsp3) is 0.500. The number of ether oxygens (including phenoxy) is 1. The number of carbonyl (C=O) groups excluding carboxylic acids is 2. The van der Waals surface area contributed by atoms with Gasteiger partial charge in [0.2, 0.25) is 11.8 Å². The normalized spacial score (nSPS) is 16.3. The fourth-order valence-corrected chi connectivity index (χ4v) is 5.74. The number of thiophene rings is 1. The molecule has 3 aromatic heterocycles. The van der Waals surface area contributed by atoms with Crippen LogP contribution in [0.25, 0.3) is 0 Å². The Morgan fingerprint density at radius 1 is 1.42 bits per heavy atom. The van der Waals surface area contributed by atoms with Crippen molar-refractivity contribution in [3.63, 3.8) is 0 Å². The van der Waals surface area contributed by atoms with Crippen molar-refractivity contribution in [1.82, 2.24) is 20.0 Å². The molecule has 2 atom stereocenters. The van der Waals surface area contributed by atoms with E-state index in [4.69, 9.17) is 9.15 Å². The molecular weight excluding hydrogens is 462 g/mol. The van der Waals surface area contributed by atoms with E-state index in [0.29, 0.717) is 34.2 Å². The first-order valence-electron chi connectivity index (χ1n) is 10.9. The van der Waals surface area contributed by atoms with Gasteiger partial charge in [-0.05, 0) is 57.6 Å². The summed E-state index contributed by atoms with van der Waals surface area (Å²) < 4.78 is 12.7. The highest BCUT2D eigenvalue weighted by Gasteiger charge is 2.29. The first-order chi connectivity index (χ1) is 15.9. The number of aromatic nitrogens is 4. The molecule has 11 heteroatoms. The van der Waals surface area contributed by atoms with E-state index < -0.39 is 0 Å². The summed E-state index contributed by atoms with van der Waals surface area (Å²) in [5.74, 6) is 0.443. The minimum atomic E-state index is -0.378. The molecule has 9 nitrogen and oxygen atoms in total. The van der Waals surface area contributed by atoms with E-state index in [1.54, 1.807) is 11.6 Å². The first-order valence-corrected chi connectivity index (χ1v) is 12.7. The van der Waals surface area contributed by atoms with Gasteiger partial charge < -0.3 is 14.5 Å². The number of thioether (sulfide) groups is 1. The Morgan fingerprint density at radius 2 is 2.24 bits per heavy atom. The lowest BCUT2D eigenvalue weighted by atomic mass is 9.88. The number of anilines is 1. The third-order valence-corrected chi connectivity index (χ3v) is 7.48. The maximum absolute atomic E-state index is 12.7. The molecule has 3 aromatic rings. The summed E-state index contributed by atoms with van der Waals surface area (Å²) in [5, 5.41) is 16.3. The molecule has 3 heterocycles. The Bertz CT molecular complexity index is 1150. The van der Waals surface area contributed by atoms with Crippen molar-refractivity contribution in [1.29, 1.82) is 0 Å². The number of esters is 1. The number of rotatable bonds is 8. The second-order valence-electron chi connectivity index (χ2n) is 8.13. The van der Waals surface area contributed by atoms with Gasteiger partial charge in [0.15, 0.2) is 0 Å². The predicted octanol–water partition coefficient (Wildman–Crippen LogP) is 4.28. The molecule has 0 aromatic carbocycles. The number of hydrogen-bond donors (Lipinski definition) is 1. The van der Waals surface area contributed by atoms with Gasteiger partial charge in [-0.25, -0.2) is 4.79 Å². The second kappa shape index (κ2) is 10.1. The summed E-state index contributed by atoms with van der Waals surface area (Å²) in [7, 11) is 0. The summed E-state index contributed by atoms with van der Waals surface area (Å²) in [6.07, 6.45) is 4.61. The number of fused-ring (bicyclic) bond motifs is 1. The molecule has 1 aliphatic rings. The van der Waals surface area contributed by atoms with Crippen LogP contribution >= 0.6 is 23.1 Å². The van der Waals surface area contributed by atoms with Crippen molar-refractivity contribution in [2.24, 2.45) is 5.92 Å². The Balaban J connectivity index is 1.41. The van der Waals surface area contributed by atoms with Crippen LogP contribution in [0.3, 0.4) is 0 Å². The van der Waals surface area contributed by atoms with E-state index in [2.05, 4.69) is 27.5 Å². The van der Waals surface area contributed by atoms with Gasteiger partial charge in [0.05, 0.1) is 23.6 Å². The third kappa shape index (κ3) is 5.30. The van der Waals surface area contributed by atoms with E-state index in [0.717, 1.165) is 47.2 Å². The van der Waals surface area contributed by atoms with Crippen molar-refractivity contribution in [2.75, 3.05) is 17.7 Å². The lowest BCUT2D eigenvalue weighted by Gasteiger charge is -2.18. The monoisotopic (exact) mass is 489 g/mol. The van der Waals surface area contributed by atoms with Gasteiger partial charge in [-0.3, -0.25) is 9.48 Å². The van der Waals surface area contributed by atoms with E-state index in [9.17, 15) is 9.59 Å². The number of carbonyl (C=O) groups is 2. The van der Waals surface area contributed by atoms with Crippen molar-refractivity contribution < 1.29 is 18.7 Å². The molecule has 0 saturated heterocycles. The smallest absolute Gasteiger partial charge is 0.341 e. The van der Waals surface area contributed by atoms with Crippen LogP contribution in [0.2, 0.25) is 0 Å². The van der Waals surface area contributed by atoms with E-state index in [1.807, 2.05) is 26.1 Å². The van der Waals surface area contributed by atoms with Crippen LogP contribution in [0, 0.1) is 12.8 Å². The zero-order valence-electron chi connectivity index (χ0n) is 19.1. The van der Waals surface area contributed by atoms with Gasteiger partial charge in [-0.1, -0.05) is 18.7 Å². The standard InChI is InChI=1S/C22H27N5O4S2/c1-5-30-21(29)18-15-7-6-12(2)10-16(15)33-20(18)23-17(28)11-32-22-25-24-19(31-22)14(4)27-9-8-13(3)26-27/h8-9,12,14H,5-7,10-11H2,1-4H3,(H,23,28). The number of hydrogen-bond acceptors (Lipinski definition) is 9. The molecule has 0 bridgehead atoms. The summed E-state index contributed by atoms with van der Waals surface area (Å²) >= 11 is 2.63. The maximum Gasteiger partial charge on any atom is 0.341 e. The molecule has 1 aliphatic carbocycles. The van der Waals surface area contributed by atoms with Crippen molar-refractivity contribution in [3.05, 3.63) is 39.9 Å². The summed E-state index contributed by atoms with van der Waals surface area (Å²) in [4.78, 5) is 26.4. The van der Waals surface area contributed by atoms with Gasteiger partial charge in [0, 0.05) is 11.1 Å². The molecule has 1 N–H and O–H groups in total. The highest BCUT2D eigenvalue weighted by Crippen LogP contribution is 2.40. The van der Waals surface area contributed by atoms with Crippen molar-refractivity contribution >= 4 is 40.0 Å². The largest absolute Gasteiger partial charge is 0.462 e. The molecule has 4 rings (SSSR count). The molecule has 2 unspecified atom stereocenters. The van der Waals surface area contributed by atoms with Crippen LogP contribution in [0.4, 0.5) is 5.00 Å². The lowest BCUT2D eigenvalue weighted by Crippen LogP contribution is -2.17. The highest BCUT2D eigenvalue weighted by atomic mass is 32.2. The molecule has 0 spiro atoms. The fourth-order valence-electron chi connectivity index (χ4n) is 3.76. The van der Waals surface area contributed by atoms with Gasteiger partial charge in [-0.2, -0.15) is 5.10 Å². The quantitative estimate of drug-likeness (QED) is 0.369. The highest BCUT2D eigenvalue weighted by molar-refractivity contribution is 7.99. The van der Waals surface area contributed by atoms with E-state index in [-0.39, 0.29) is 23.7 Å². The summed E-state index contributed by atoms with van der Waals surface area (Å²) in [5.41, 5.74) is 2.42. The minimum absolute atomic E-state index is 0.0815. The molecule has 176 valence electrons. The first kappa shape index (κ1) is 23.5. The Hall–Kier alpha value is -2.66. The number of nitrogens with zero attached hydrogens (tertiary/aromatic N) is 4. The molecule has 0 aliphatic heterocycles. The average molecular weight is 490 g/mol. The van der Waals surface area contributed by atoms with Crippen LogP contribution in [0.1, 0.15) is 65.6 Å². The summed E-state index contributed by atoms with van der Waals surface area (Å²) in [6, 6.07) is 1.70. The Morgan fingerprint density at radius 3 is 2.97 bits per heavy atom. The maximum atomic E-state index is 12.7. The van der Waals surface area contributed by atoms with Crippen LogP contribution in [0.15, 0.2) is 21.9 Å². The number of amides is 1. The molecule has 0 fully saturated rings. The Labute approximate surface area is 200 Å².